The molecule has 0 atom stereocenters. The Kier molecular flexibility index (Phi) is 7.32. The molecule has 2 rings (SSSR count). The van der Waals surface area contributed by atoms with Crippen molar-refractivity contribution in [3.05, 3.63) is 59.9 Å². The van der Waals surface area contributed by atoms with E-state index < -0.39 is 28.3 Å². The predicted molar refractivity (Wildman–Crippen MR) is 102 cm³/mol. The highest BCUT2D eigenvalue weighted by Crippen LogP contribution is 2.26. The fraction of sp³-hybridized carbons (Fsp3) is 0.316. The molecule has 0 heterocycles. The molecule has 0 saturated carbocycles. The van der Waals surface area contributed by atoms with E-state index in [4.69, 9.17) is 4.74 Å². The van der Waals surface area contributed by atoms with E-state index in [2.05, 4.69) is 5.32 Å². The molecular weight excluding hydrogens is 371 g/mol. The summed E-state index contributed by atoms with van der Waals surface area (Å²) in [6.07, 6.45) is 0.590. The monoisotopic (exact) mass is 394 g/mol. The zero-order valence-electron chi connectivity index (χ0n) is 15.3. The highest BCUT2D eigenvalue weighted by atomic mass is 32.2. The second-order valence-electron chi connectivity index (χ2n) is 5.97. The van der Waals surface area contributed by atoms with E-state index in [1.54, 1.807) is 19.2 Å². The van der Waals surface area contributed by atoms with Crippen molar-refractivity contribution in [2.24, 2.45) is 0 Å². The number of anilines is 1. The molecule has 8 heteroatoms. The van der Waals surface area contributed by atoms with Crippen LogP contribution in [0.3, 0.4) is 0 Å². The maximum atomic E-state index is 14.3. The van der Waals surface area contributed by atoms with E-state index in [1.807, 2.05) is 6.92 Å². The number of carbonyl (C=O) groups excluding carboxylic acids is 1. The van der Waals surface area contributed by atoms with Crippen molar-refractivity contribution in [1.29, 1.82) is 0 Å². The predicted octanol–water partition coefficient (Wildman–Crippen LogP) is 2.48. The van der Waals surface area contributed by atoms with Crippen LogP contribution in [-0.2, 0) is 19.6 Å². The van der Waals surface area contributed by atoms with Crippen LogP contribution in [0.25, 0.3) is 0 Å². The molecular formula is C19H23FN2O4S. The van der Waals surface area contributed by atoms with Crippen LogP contribution in [0.15, 0.2) is 53.4 Å². The summed E-state index contributed by atoms with van der Waals surface area (Å²) in [5.41, 5.74) is 0.715. The van der Waals surface area contributed by atoms with Crippen molar-refractivity contribution in [3.8, 4) is 0 Å². The summed E-state index contributed by atoms with van der Waals surface area (Å²) < 4.78 is 46.1. The molecule has 0 spiro atoms. The number of carbonyl (C=O) groups is 1. The number of hydrogen-bond donors (Lipinski definition) is 1. The summed E-state index contributed by atoms with van der Waals surface area (Å²) in [7, 11) is -2.56. The number of hydrogen-bond acceptors (Lipinski definition) is 4. The number of ether oxygens (including phenoxy) is 1. The quantitative estimate of drug-likeness (QED) is 0.663. The summed E-state index contributed by atoms with van der Waals surface area (Å²) in [5.74, 6) is -1.24. The number of rotatable bonds is 9. The zero-order valence-corrected chi connectivity index (χ0v) is 16.1. The number of nitrogens with zero attached hydrogens (tertiary/aromatic N) is 1. The largest absolute Gasteiger partial charge is 0.385 e. The fourth-order valence-corrected chi connectivity index (χ4v) is 3.85. The number of aryl methyl sites for hydroxylation is 1. The third kappa shape index (κ3) is 5.51. The smallest absolute Gasteiger partial charge is 0.264 e. The van der Waals surface area contributed by atoms with Crippen molar-refractivity contribution in [3.63, 3.8) is 0 Å². The number of nitrogens with one attached hydrogen (secondary N) is 1. The van der Waals surface area contributed by atoms with Gasteiger partial charge in [0, 0.05) is 20.3 Å². The maximum Gasteiger partial charge on any atom is 0.264 e. The Labute approximate surface area is 159 Å². The van der Waals surface area contributed by atoms with E-state index in [1.165, 1.54) is 30.3 Å². The zero-order chi connectivity index (χ0) is 19.9. The molecule has 27 heavy (non-hydrogen) atoms. The topological polar surface area (TPSA) is 75.7 Å². The Balaban J connectivity index is 2.31. The van der Waals surface area contributed by atoms with Gasteiger partial charge in [-0.3, -0.25) is 9.10 Å². The first kappa shape index (κ1) is 20.9. The molecule has 0 aliphatic carbocycles. The van der Waals surface area contributed by atoms with E-state index >= 15 is 0 Å². The highest BCUT2D eigenvalue weighted by Gasteiger charge is 2.28. The number of amides is 1. The van der Waals surface area contributed by atoms with Crippen LogP contribution < -0.4 is 9.62 Å². The molecule has 0 aliphatic heterocycles. The Morgan fingerprint density at radius 2 is 1.81 bits per heavy atom. The van der Waals surface area contributed by atoms with Crippen LogP contribution in [0, 0.1) is 12.7 Å². The van der Waals surface area contributed by atoms with Crippen LogP contribution in [-0.4, -0.2) is 41.1 Å². The number of para-hydroxylation sites is 1. The summed E-state index contributed by atoms with van der Waals surface area (Å²) in [4.78, 5) is 12.2. The number of sulfonamides is 1. The Hall–Kier alpha value is -2.45. The Morgan fingerprint density at radius 3 is 2.44 bits per heavy atom. The summed E-state index contributed by atoms with van der Waals surface area (Å²) in [6.45, 7) is 2.12. The Bertz CT molecular complexity index is 870. The summed E-state index contributed by atoms with van der Waals surface area (Å²) >= 11 is 0. The van der Waals surface area contributed by atoms with Crippen molar-refractivity contribution >= 4 is 21.6 Å². The molecule has 2 aromatic rings. The highest BCUT2D eigenvalue weighted by molar-refractivity contribution is 7.92. The van der Waals surface area contributed by atoms with Gasteiger partial charge in [-0.25, -0.2) is 12.8 Å². The van der Waals surface area contributed by atoms with Gasteiger partial charge in [0.15, 0.2) is 0 Å². The first-order valence-corrected chi connectivity index (χ1v) is 9.90. The van der Waals surface area contributed by atoms with Gasteiger partial charge in [0.2, 0.25) is 5.91 Å². The van der Waals surface area contributed by atoms with Crippen molar-refractivity contribution in [2.45, 2.75) is 18.2 Å². The lowest BCUT2D eigenvalue weighted by Crippen LogP contribution is -2.41. The minimum atomic E-state index is -4.12. The van der Waals surface area contributed by atoms with Crippen LogP contribution in [0.1, 0.15) is 12.0 Å². The van der Waals surface area contributed by atoms with Gasteiger partial charge < -0.3 is 10.1 Å². The van der Waals surface area contributed by atoms with Crippen LogP contribution in [0.4, 0.5) is 10.1 Å². The molecule has 0 saturated heterocycles. The fourth-order valence-electron chi connectivity index (χ4n) is 2.42. The third-order valence-corrected chi connectivity index (χ3v) is 5.64. The van der Waals surface area contributed by atoms with Gasteiger partial charge in [-0.2, -0.15) is 0 Å². The first-order valence-electron chi connectivity index (χ1n) is 8.46. The Morgan fingerprint density at radius 1 is 1.15 bits per heavy atom. The van der Waals surface area contributed by atoms with Gasteiger partial charge in [0.25, 0.3) is 10.0 Å². The molecule has 0 bridgehead atoms. The molecule has 2 aromatic carbocycles. The van der Waals surface area contributed by atoms with Crippen LogP contribution >= 0.6 is 0 Å². The molecule has 0 unspecified atom stereocenters. The average Bonchev–Trinajstić information content (AvgIpc) is 2.64. The summed E-state index contributed by atoms with van der Waals surface area (Å²) in [6, 6.07) is 11.6. The van der Waals surface area contributed by atoms with Gasteiger partial charge in [-0.1, -0.05) is 29.8 Å². The molecule has 1 amide bonds. The number of benzene rings is 2. The lowest BCUT2D eigenvalue weighted by Gasteiger charge is -2.24. The minimum Gasteiger partial charge on any atom is -0.385 e. The van der Waals surface area contributed by atoms with E-state index in [0.717, 1.165) is 15.9 Å². The molecule has 0 aromatic heterocycles. The minimum absolute atomic E-state index is 0.0106. The molecule has 6 nitrogen and oxygen atoms in total. The summed E-state index contributed by atoms with van der Waals surface area (Å²) in [5, 5.41) is 2.62. The molecule has 0 aliphatic rings. The van der Waals surface area contributed by atoms with Gasteiger partial charge >= 0.3 is 0 Å². The van der Waals surface area contributed by atoms with Crippen LogP contribution in [0.5, 0.6) is 0 Å². The van der Waals surface area contributed by atoms with Crippen molar-refractivity contribution in [2.75, 3.05) is 31.1 Å². The van der Waals surface area contributed by atoms with E-state index in [9.17, 15) is 17.6 Å². The molecule has 0 radical (unpaired) electrons. The third-order valence-electron chi connectivity index (χ3n) is 3.86. The number of halogens is 1. The number of methoxy groups -OCH3 is 1. The molecule has 1 N–H and O–H groups in total. The second kappa shape index (κ2) is 9.48. The molecule has 146 valence electrons. The maximum absolute atomic E-state index is 14.3. The lowest BCUT2D eigenvalue weighted by molar-refractivity contribution is -0.119. The van der Waals surface area contributed by atoms with E-state index in [0.29, 0.717) is 19.6 Å². The van der Waals surface area contributed by atoms with Gasteiger partial charge in [0.05, 0.1) is 10.6 Å². The SMILES string of the molecule is COCCCNC(=O)CN(c1ccccc1F)S(=O)(=O)c1ccc(C)cc1. The van der Waals surface area contributed by atoms with Crippen molar-refractivity contribution in [1.82, 2.24) is 5.32 Å². The van der Waals surface area contributed by atoms with Crippen LogP contribution in [0.2, 0.25) is 0 Å². The van der Waals surface area contributed by atoms with Gasteiger partial charge in [-0.15, -0.1) is 0 Å². The van der Waals surface area contributed by atoms with Crippen molar-refractivity contribution < 1.29 is 22.3 Å². The average molecular weight is 394 g/mol. The normalized spacial score (nSPS) is 11.2. The lowest BCUT2D eigenvalue weighted by atomic mass is 10.2. The molecule has 0 fully saturated rings. The van der Waals surface area contributed by atoms with Gasteiger partial charge in [-0.05, 0) is 37.6 Å². The van der Waals surface area contributed by atoms with Gasteiger partial charge in [0.1, 0.15) is 12.4 Å². The van der Waals surface area contributed by atoms with E-state index in [-0.39, 0.29) is 10.6 Å². The standard InChI is InChI=1S/C19H23FN2O4S/c1-15-8-10-16(11-9-15)27(24,25)22(18-7-4-3-6-17(18)20)14-19(23)21-12-5-13-26-2/h3-4,6-11H,5,12-14H2,1-2H3,(H,21,23). The first-order chi connectivity index (χ1) is 12.9. The second-order valence-corrected chi connectivity index (χ2v) is 7.83.